The van der Waals surface area contributed by atoms with Gasteiger partial charge in [-0.15, -0.1) is 5.06 Å². The molecule has 27 heavy (non-hydrogen) atoms. The van der Waals surface area contributed by atoms with E-state index in [2.05, 4.69) is 0 Å². The molecule has 0 unspecified atom stereocenters. The van der Waals surface area contributed by atoms with Crippen molar-refractivity contribution in [3.05, 3.63) is 35.9 Å². The highest BCUT2D eigenvalue weighted by Crippen LogP contribution is 2.35. The molecule has 0 aromatic heterocycles. The Kier molecular flexibility index (Phi) is 6.60. The fourth-order valence-corrected chi connectivity index (χ4v) is 4.07. The number of carbonyl (C=O) groups excluding carboxylic acids is 2. The largest absolute Gasteiger partial charge is 0.364 e. The van der Waals surface area contributed by atoms with E-state index in [-0.39, 0.29) is 11.8 Å². The van der Waals surface area contributed by atoms with Crippen LogP contribution in [0.15, 0.2) is 30.3 Å². The SMILES string of the molecule is CCCC(=O)CN1CC(F)(CC2CCN(OC(=O)c3ccccc3)CC2)C1. The molecular formula is C21H29FN2O3. The summed E-state index contributed by atoms with van der Waals surface area (Å²) in [5.74, 6) is 0.158. The van der Waals surface area contributed by atoms with Crippen LogP contribution in [0.3, 0.4) is 0 Å². The van der Waals surface area contributed by atoms with Crippen LogP contribution in [0.25, 0.3) is 0 Å². The molecule has 0 spiro atoms. The van der Waals surface area contributed by atoms with Gasteiger partial charge in [0.15, 0.2) is 0 Å². The summed E-state index contributed by atoms with van der Waals surface area (Å²) in [6.07, 6.45) is 3.60. The van der Waals surface area contributed by atoms with E-state index in [0.29, 0.717) is 57.0 Å². The summed E-state index contributed by atoms with van der Waals surface area (Å²) in [4.78, 5) is 31.1. The molecular weight excluding hydrogens is 347 g/mol. The fraction of sp³-hybridized carbons (Fsp3) is 0.619. The number of piperidine rings is 1. The van der Waals surface area contributed by atoms with E-state index in [4.69, 9.17) is 4.84 Å². The zero-order valence-electron chi connectivity index (χ0n) is 16.0. The monoisotopic (exact) mass is 376 g/mol. The van der Waals surface area contributed by atoms with Crippen LogP contribution in [0, 0.1) is 5.92 Å². The maximum absolute atomic E-state index is 14.9. The second-order valence-corrected chi connectivity index (χ2v) is 7.91. The van der Waals surface area contributed by atoms with Gasteiger partial charge in [0.1, 0.15) is 11.5 Å². The van der Waals surface area contributed by atoms with Crippen molar-refractivity contribution in [2.45, 2.75) is 44.7 Å². The van der Waals surface area contributed by atoms with Crippen molar-refractivity contribution in [3.8, 4) is 0 Å². The van der Waals surface area contributed by atoms with Crippen molar-refractivity contribution >= 4 is 11.8 Å². The molecule has 2 aliphatic rings. The Hall–Kier alpha value is -1.79. The number of benzene rings is 1. The number of rotatable bonds is 8. The normalized spacial score (nSPS) is 20.8. The van der Waals surface area contributed by atoms with Crippen LogP contribution in [0.5, 0.6) is 0 Å². The van der Waals surface area contributed by atoms with E-state index in [1.54, 1.807) is 29.3 Å². The lowest BCUT2D eigenvalue weighted by Crippen LogP contribution is -2.60. The van der Waals surface area contributed by atoms with Crippen LogP contribution in [-0.4, -0.2) is 60.1 Å². The minimum atomic E-state index is -1.17. The minimum absolute atomic E-state index is 0.202. The summed E-state index contributed by atoms with van der Waals surface area (Å²) in [5, 5.41) is 1.69. The molecule has 5 nitrogen and oxygen atoms in total. The van der Waals surface area contributed by atoms with E-state index >= 15 is 0 Å². The fourth-order valence-electron chi connectivity index (χ4n) is 4.07. The average Bonchev–Trinajstić information content (AvgIpc) is 2.63. The quantitative estimate of drug-likeness (QED) is 0.697. The predicted octanol–water partition coefficient (Wildman–Crippen LogP) is 3.25. The van der Waals surface area contributed by atoms with Gasteiger partial charge in [0.05, 0.1) is 12.1 Å². The van der Waals surface area contributed by atoms with Crippen molar-refractivity contribution in [1.29, 1.82) is 0 Å². The second-order valence-electron chi connectivity index (χ2n) is 7.91. The molecule has 1 aromatic rings. The number of hydrogen-bond donors (Lipinski definition) is 0. The topological polar surface area (TPSA) is 49.9 Å². The minimum Gasteiger partial charge on any atom is -0.364 e. The van der Waals surface area contributed by atoms with E-state index in [1.807, 2.05) is 17.9 Å². The highest BCUT2D eigenvalue weighted by Gasteiger charge is 2.45. The molecule has 2 aliphatic heterocycles. The Morgan fingerprint density at radius 1 is 1.19 bits per heavy atom. The molecule has 0 N–H and O–H groups in total. The number of hydrogen-bond acceptors (Lipinski definition) is 5. The third-order valence-electron chi connectivity index (χ3n) is 5.39. The first kappa shape index (κ1) is 20.0. The van der Waals surface area contributed by atoms with Gasteiger partial charge >= 0.3 is 5.97 Å². The Bertz CT molecular complexity index is 638. The van der Waals surface area contributed by atoms with Crippen LogP contribution in [0.4, 0.5) is 4.39 Å². The zero-order chi connectivity index (χ0) is 19.3. The molecule has 3 rings (SSSR count). The zero-order valence-corrected chi connectivity index (χ0v) is 16.0. The number of nitrogens with zero attached hydrogens (tertiary/aromatic N) is 2. The highest BCUT2D eigenvalue weighted by atomic mass is 19.1. The number of likely N-dealkylation sites (tertiary alicyclic amines) is 1. The van der Waals surface area contributed by atoms with Gasteiger partial charge in [-0.2, -0.15) is 0 Å². The molecule has 0 aliphatic carbocycles. The van der Waals surface area contributed by atoms with Crippen molar-refractivity contribution in [2.75, 3.05) is 32.7 Å². The number of Topliss-reactive ketones (excluding diaryl/α,β-unsaturated/α-hetero) is 1. The van der Waals surface area contributed by atoms with Gasteiger partial charge in [0.25, 0.3) is 0 Å². The Morgan fingerprint density at radius 3 is 2.48 bits per heavy atom. The Labute approximate surface area is 160 Å². The Morgan fingerprint density at radius 2 is 1.85 bits per heavy atom. The maximum Gasteiger partial charge on any atom is 0.357 e. The Balaban J connectivity index is 1.36. The van der Waals surface area contributed by atoms with Gasteiger partial charge in [0.2, 0.25) is 0 Å². The van der Waals surface area contributed by atoms with Crippen LogP contribution < -0.4 is 0 Å². The van der Waals surface area contributed by atoms with Crippen LogP contribution >= 0.6 is 0 Å². The van der Waals surface area contributed by atoms with Gasteiger partial charge in [0, 0.05) is 32.6 Å². The number of alkyl halides is 1. The van der Waals surface area contributed by atoms with Gasteiger partial charge in [-0.25, -0.2) is 9.18 Å². The van der Waals surface area contributed by atoms with Crippen molar-refractivity contribution in [1.82, 2.24) is 9.96 Å². The molecule has 148 valence electrons. The first-order valence-electron chi connectivity index (χ1n) is 9.93. The molecule has 0 bridgehead atoms. The summed E-state index contributed by atoms with van der Waals surface area (Å²) in [7, 11) is 0. The van der Waals surface area contributed by atoms with Gasteiger partial charge in [-0.1, -0.05) is 25.1 Å². The van der Waals surface area contributed by atoms with E-state index in [9.17, 15) is 14.0 Å². The summed E-state index contributed by atoms with van der Waals surface area (Å²) >= 11 is 0. The lowest BCUT2D eigenvalue weighted by Gasteiger charge is -2.46. The third kappa shape index (κ3) is 5.59. The number of halogens is 1. The molecule has 1 aromatic carbocycles. The van der Waals surface area contributed by atoms with Crippen LogP contribution in [0.2, 0.25) is 0 Å². The predicted molar refractivity (Wildman–Crippen MR) is 101 cm³/mol. The van der Waals surface area contributed by atoms with Gasteiger partial charge < -0.3 is 4.84 Å². The maximum atomic E-state index is 14.9. The molecule has 2 heterocycles. The number of carbonyl (C=O) groups is 2. The summed E-state index contributed by atoms with van der Waals surface area (Å²) in [6.45, 7) is 4.37. The third-order valence-corrected chi connectivity index (χ3v) is 5.39. The smallest absolute Gasteiger partial charge is 0.357 e. The van der Waals surface area contributed by atoms with Crippen LogP contribution in [0.1, 0.15) is 49.4 Å². The summed E-state index contributed by atoms with van der Waals surface area (Å²) in [6, 6.07) is 8.93. The summed E-state index contributed by atoms with van der Waals surface area (Å²) < 4.78 is 14.9. The van der Waals surface area contributed by atoms with Crippen molar-refractivity contribution < 1.29 is 18.8 Å². The number of hydroxylamine groups is 2. The van der Waals surface area contributed by atoms with Crippen LogP contribution in [-0.2, 0) is 9.63 Å². The van der Waals surface area contributed by atoms with Gasteiger partial charge in [-0.3, -0.25) is 9.69 Å². The molecule has 0 atom stereocenters. The first-order valence-corrected chi connectivity index (χ1v) is 9.93. The molecule has 0 radical (unpaired) electrons. The molecule has 2 fully saturated rings. The standard InChI is InChI=1S/C21H29FN2O3/c1-2-6-19(25)14-23-15-21(22,16-23)13-17-9-11-24(12-10-17)27-20(26)18-7-4-3-5-8-18/h3-5,7-8,17H,2,6,9-16H2,1H3. The van der Waals surface area contributed by atoms with E-state index in [0.717, 1.165) is 19.3 Å². The number of ketones is 1. The van der Waals surface area contributed by atoms with Crippen molar-refractivity contribution in [2.24, 2.45) is 5.92 Å². The highest BCUT2D eigenvalue weighted by molar-refractivity contribution is 5.89. The van der Waals surface area contributed by atoms with Gasteiger partial charge in [-0.05, 0) is 43.7 Å². The molecule has 2 saturated heterocycles. The molecule has 6 heteroatoms. The first-order chi connectivity index (χ1) is 13.0. The van der Waals surface area contributed by atoms with E-state index in [1.165, 1.54) is 0 Å². The lowest BCUT2D eigenvalue weighted by molar-refractivity contribution is -0.135. The molecule has 0 saturated carbocycles. The van der Waals surface area contributed by atoms with E-state index < -0.39 is 5.67 Å². The average molecular weight is 376 g/mol. The van der Waals surface area contributed by atoms with Crippen molar-refractivity contribution in [3.63, 3.8) is 0 Å². The second kappa shape index (κ2) is 8.93. The molecule has 0 amide bonds. The summed E-state index contributed by atoms with van der Waals surface area (Å²) in [5.41, 5.74) is -0.630. The lowest BCUT2D eigenvalue weighted by atomic mass is 9.81.